The van der Waals surface area contributed by atoms with Gasteiger partial charge in [0.15, 0.2) is 0 Å². The van der Waals surface area contributed by atoms with E-state index in [4.69, 9.17) is 16.7 Å². The Balaban J connectivity index is 2.26. The van der Waals surface area contributed by atoms with E-state index in [1.165, 1.54) is 4.90 Å². The topological polar surface area (TPSA) is 62.5 Å². The number of amides is 1. The maximum atomic E-state index is 12.3. The van der Waals surface area contributed by atoms with Crippen molar-refractivity contribution in [3.8, 4) is 0 Å². The summed E-state index contributed by atoms with van der Waals surface area (Å²) in [5, 5.41) is 9.63. The van der Waals surface area contributed by atoms with Gasteiger partial charge in [-0.25, -0.2) is 4.79 Å². The van der Waals surface area contributed by atoms with Crippen LogP contribution in [0.15, 0.2) is 12.3 Å². The van der Waals surface area contributed by atoms with Gasteiger partial charge in [0.1, 0.15) is 11.7 Å². The molecule has 1 aliphatic heterocycles. The Morgan fingerprint density at radius 1 is 1.44 bits per heavy atom. The summed E-state index contributed by atoms with van der Waals surface area (Å²) in [6.07, 6.45) is 3.83. The molecule has 1 unspecified atom stereocenters. The summed E-state index contributed by atoms with van der Waals surface area (Å²) >= 11 is 5.84. The summed E-state index contributed by atoms with van der Waals surface area (Å²) in [7, 11) is 1.72. The minimum Gasteiger partial charge on any atom is -0.480 e. The summed E-state index contributed by atoms with van der Waals surface area (Å²) in [5.41, 5.74) is 0.424. The molecule has 1 fully saturated rings. The van der Waals surface area contributed by atoms with Gasteiger partial charge in [-0.15, -0.1) is 0 Å². The SMILES string of the molecule is Cn1cc(Cl)cc1C(=O)N1CCCCC1C(=O)O. The molecule has 2 rings (SSSR count). The van der Waals surface area contributed by atoms with Gasteiger partial charge in [0.25, 0.3) is 5.91 Å². The predicted molar refractivity (Wildman–Crippen MR) is 66.7 cm³/mol. The number of hydrogen-bond acceptors (Lipinski definition) is 2. The Labute approximate surface area is 110 Å². The predicted octanol–water partition coefficient (Wildman–Crippen LogP) is 1.76. The van der Waals surface area contributed by atoms with Crippen molar-refractivity contribution in [3.05, 3.63) is 23.0 Å². The molecule has 1 aliphatic rings. The van der Waals surface area contributed by atoms with Crippen LogP contribution in [0, 0.1) is 0 Å². The van der Waals surface area contributed by atoms with Crippen LogP contribution >= 0.6 is 11.6 Å². The number of likely N-dealkylation sites (tertiary alicyclic amines) is 1. The summed E-state index contributed by atoms with van der Waals surface area (Å²) in [6.45, 7) is 0.485. The Hall–Kier alpha value is -1.49. The Kier molecular flexibility index (Phi) is 3.61. The van der Waals surface area contributed by atoms with Crippen LogP contribution in [0.25, 0.3) is 0 Å². The van der Waals surface area contributed by atoms with Crippen LogP contribution in [0.1, 0.15) is 29.8 Å². The Morgan fingerprint density at radius 3 is 2.72 bits per heavy atom. The van der Waals surface area contributed by atoms with Crippen LogP contribution in [0.2, 0.25) is 5.02 Å². The van der Waals surface area contributed by atoms with Gasteiger partial charge in [0, 0.05) is 19.8 Å². The van der Waals surface area contributed by atoms with Crippen molar-refractivity contribution in [2.45, 2.75) is 25.3 Å². The molecule has 0 aromatic carbocycles. The number of halogens is 1. The number of aromatic nitrogens is 1. The minimum atomic E-state index is -0.941. The third-order valence-corrected chi connectivity index (χ3v) is 3.45. The highest BCUT2D eigenvalue weighted by Gasteiger charge is 2.33. The van der Waals surface area contributed by atoms with Crippen molar-refractivity contribution >= 4 is 23.5 Å². The smallest absolute Gasteiger partial charge is 0.326 e. The zero-order chi connectivity index (χ0) is 13.3. The van der Waals surface area contributed by atoms with Gasteiger partial charge in [-0.2, -0.15) is 0 Å². The fourth-order valence-corrected chi connectivity index (χ4v) is 2.57. The van der Waals surface area contributed by atoms with E-state index in [1.54, 1.807) is 23.9 Å². The number of nitrogens with zero attached hydrogens (tertiary/aromatic N) is 2. The average Bonchev–Trinajstić information content (AvgIpc) is 2.67. The summed E-state index contributed by atoms with van der Waals surface area (Å²) in [6, 6.07) is 0.845. The lowest BCUT2D eigenvalue weighted by Crippen LogP contribution is -2.48. The molecule has 0 radical (unpaired) electrons. The zero-order valence-corrected chi connectivity index (χ0v) is 10.9. The van der Waals surface area contributed by atoms with E-state index < -0.39 is 12.0 Å². The van der Waals surface area contributed by atoms with Crippen molar-refractivity contribution in [1.82, 2.24) is 9.47 Å². The number of aryl methyl sites for hydroxylation is 1. The van der Waals surface area contributed by atoms with Crippen LogP contribution in [0.3, 0.4) is 0 Å². The quantitative estimate of drug-likeness (QED) is 0.891. The maximum Gasteiger partial charge on any atom is 0.326 e. The number of carboxylic acids is 1. The van der Waals surface area contributed by atoms with Crippen LogP contribution in [0.5, 0.6) is 0 Å². The molecular formula is C12H15ClN2O3. The van der Waals surface area contributed by atoms with E-state index in [1.807, 2.05) is 0 Å². The summed E-state index contributed by atoms with van der Waals surface area (Å²) < 4.78 is 1.62. The van der Waals surface area contributed by atoms with Crippen LogP contribution in [0.4, 0.5) is 0 Å². The molecule has 0 saturated carbocycles. The van der Waals surface area contributed by atoms with E-state index >= 15 is 0 Å². The van der Waals surface area contributed by atoms with Crippen molar-refractivity contribution in [2.75, 3.05) is 6.54 Å². The lowest BCUT2D eigenvalue weighted by Gasteiger charge is -2.32. The molecule has 0 spiro atoms. The molecule has 1 amide bonds. The van der Waals surface area contributed by atoms with E-state index in [0.717, 1.165) is 12.8 Å². The Bertz CT molecular complexity index is 484. The molecule has 0 bridgehead atoms. The van der Waals surface area contributed by atoms with Gasteiger partial charge in [-0.05, 0) is 25.3 Å². The first-order valence-corrected chi connectivity index (χ1v) is 6.24. The first-order chi connectivity index (χ1) is 8.50. The molecule has 1 aromatic heterocycles. The maximum absolute atomic E-state index is 12.3. The minimum absolute atomic E-state index is 0.267. The third kappa shape index (κ3) is 2.36. The van der Waals surface area contributed by atoms with E-state index in [-0.39, 0.29) is 5.91 Å². The van der Waals surface area contributed by atoms with Crippen LogP contribution in [-0.2, 0) is 11.8 Å². The van der Waals surface area contributed by atoms with Crippen molar-refractivity contribution in [2.24, 2.45) is 7.05 Å². The fraction of sp³-hybridized carbons (Fsp3) is 0.500. The molecule has 0 aliphatic carbocycles. The molecule has 1 N–H and O–H groups in total. The number of carbonyl (C=O) groups is 2. The normalized spacial score (nSPS) is 19.9. The molecular weight excluding hydrogens is 256 g/mol. The first kappa shape index (κ1) is 13.0. The van der Waals surface area contributed by atoms with Gasteiger partial charge in [-0.3, -0.25) is 4.79 Å². The van der Waals surface area contributed by atoms with Crippen molar-refractivity contribution in [3.63, 3.8) is 0 Å². The molecule has 1 aromatic rings. The Morgan fingerprint density at radius 2 is 2.17 bits per heavy atom. The van der Waals surface area contributed by atoms with Crippen molar-refractivity contribution < 1.29 is 14.7 Å². The fourth-order valence-electron chi connectivity index (χ4n) is 2.32. The largest absolute Gasteiger partial charge is 0.480 e. The van der Waals surface area contributed by atoms with Crippen LogP contribution in [-0.4, -0.2) is 39.0 Å². The van der Waals surface area contributed by atoms with Gasteiger partial charge in [0.2, 0.25) is 0 Å². The zero-order valence-electron chi connectivity index (χ0n) is 10.1. The van der Waals surface area contributed by atoms with E-state index in [2.05, 4.69) is 0 Å². The second kappa shape index (κ2) is 5.02. The molecule has 1 atom stereocenters. The van der Waals surface area contributed by atoms with Gasteiger partial charge < -0.3 is 14.6 Å². The second-order valence-corrected chi connectivity index (χ2v) is 4.94. The highest BCUT2D eigenvalue weighted by molar-refractivity contribution is 6.31. The summed E-state index contributed by atoms with van der Waals surface area (Å²) in [4.78, 5) is 24.9. The van der Waals surface area contributed by atoms with Crippen LogP contribution < -0.4 is 0 Å². The van der Waals surface area contributed by atoms with Gasteiger partial charge in [-0.1, -0.05) is 11.6 Å². The van der Waals surface area contributed by atoms with E-state index in [0.29, 0.717) is 23.7 Å². The van der Waals surface area contributed by atoms with Crippen molar-refractivity contribution in [1.29, 1.82) is 0 Å². The lowest BCUT2D eigenvalue weighted by molar-refractivity contribution is -0.143. The first-order valence-electron chi connectivity index (χ1n) is 5.86. The average molecular weight is 271 g/mol. The number of aliphatic carboxylic acids is 1. The molecule has 18 heavy (non-hydrogen) atoms. The van der Waals surface area contributed by atoms with E-state index in [9.17, 15) is 9.59 Å². The highest BCUT2D eigenvalue weighted by atomic mass is 35.5. The molecule has 2 heterocycles. The number of carboxylic acid groups (broad SMARTS) is 1. The lowest BCUT2D eigenvalue weighted by atomic mass is 10.0. The number of rotatable bonds is 2. The number of hydrogen-bond donors (Lipinski definition) is 1. The molecule has 6 heteroatoms. The number of carbonyl (C=O) groups excluding carboxylic acids is 1. The van der Waals surface area contributed by atoms with Gasteiger partial charge >= 0.3 is 5.97 Å². The van der Waals surface area contributed by atoms with Gasteiger partial charge in [0.05, 0.1) is 5.02 Å². The second-order valence-electron chi connectivity index (χ2n) is 4.50. The monoisotopic (exact) mass is 270 g/mol. The molecule has 98 valence electrons. The molecule has 1 saturated heterocycles. The summed E-state index contributed by atoms with van der Waals surface area (Å²) in [5.74, 6) is -1.21. The number of piperidine rings is 1. The highest BCUT2D eigenvalue weighted by Crippen LogP contribution is 2.21. The molecule has 5 nitrogen and oxygen atoms in total. The standard InChI is InChI=1S/C12H15ClN2O3/c1-14-7-8(13)6-10(14)11(16)15-5-3-2-4-9(15)12(17)18/h6-7,9H,2-5H2,1H3,(H,17,18). The third-order valence-electron chi connectivity index (χ3n) is 3.24.